The number of imidazole rings is 1. The number of rotatable bonds is 2. The van der Waals surface area contributed by atoms with Crippen molar-refractivity contribution in [3.8, 4) is 0 Å². The molecule has 0 aliphatic heterocycles. The van der Waals surface area contributed by atoms with Crippen LogP contribution in [0.1, 0.15) is 38.5 Å². The molecule has 4 heteroatoms. The lowest BCUT2D eigenvalue weighted by Crippen LogP contribution is -2.51. The topological polar surface area (TPSA) is 46.4 Å². The number of nitrogens with zero attached hydrogens (tertiary/aromatic N) is 2. The summed E-state index contributed by atoms with van der Waals surface area (Å²) in [4.78, 5) is 17.4. The molecule has 4 saturated carbocycles. The van der Waals surface area contributed by atoms with E-state index >= 15 is 0 Å². The van der Waals surface area contributed by atoms with Crippen molar-refractivity contribution in [2.45, 2.75) is 38.5 Å². The molecule has 22 heavy (non-hydrogen) atoms. The lowest BCUT2D eigenvalue weighted by molar-refractivity contribution is -0.140. The van der Waals surface area contributed by atoms with Crippen LogP contribution in [0.15, 0.2) is 30.7 Å². The first kappa shape index (κ1) is 12.7. The molecule has 114 valence electrons. The summed E-state index contributed by atoms with van der Waals surface area (Å²) in [6.45, 7) is 0. The molecule has 0 spiro atoms. The highest BCUT2D eigenvalue weighted by molar-refractivity contribution is 5.98. The minimum Gasteiger partial charge on any atom is -0.322 e. The molecule has 4 bridgehead atoms. The van der Waals surface area contributed by atoms with Crippen molar-refractivity contribution in [2.24, 2.45) is 23.2 Å². The number of carbonyl (C=O) groups excluding carboxylic acids is 1. The van der Waals surface area contributed by atoms with Gasteiger partial charge in [-0.2, -0.15) is 0 Å². The standard InChI is InChI=1S/C18H21N3O/c22-17(20-15-2-1-4-21-5-3-19-16(15)21)18-9-12-6-13(10-18)8-14(7-12)11-18/h1-5,12-14H,6-11H2,(H,20,22). The van der Waals surface area contributed by atoms with Crippen molar-refractivity contribution in [1.29, 1.82) is 0 Å². The third-order valence-corrected chi connectivity index (χ3v) is 6.19. The van der Waals surface area contributed by atoms with Crippen molar-refractivity contribution in [3.63, 3.8) is 0 Å². The highest BCUT2D eigenvalue weighted by Crippen LogP contribution is 2.60. The number of hydrogen-bond donors (Lipinski definition) is 1. The Labute approximate surface area is 129 Å². The summed E-state index contributed by atoms with van der Waals surface area (Å²) < 4.78 is 1.95. The van der Waals surface area contributed by atoms with E-state index in [1.54, 1.807) is 6.20 Å². The van der Waals surface area contributed by atoms with Crippen LogP contribution in [0.5, 0.6) is 0 Å². The molecule has 4 nitrogen and oxygen atoms in total. The van der Waals surface area contributed by atoms with E-state index in [4.69, 9.17) is 0 Å². The maximum Gasteiger partial charge on any atom is 0.230 e. The Bertz CT molecular complexity index is 712. The predicted molar refractivity (Wildman–Crippen MR) is 84.4 cm³/mol. The van der Waals surface area contributed by atoms with E-state index in [0.717, 1.165) is 48.4 Å². The van der Waals surface area contributed by atoms with Gasteiger partial charge in [0.25, 0.3) is 0 Å². The molecule has 0 saturated heterocycles. The molecule has 0 atom stereocenters. The van der Waals surface area contributed by atoms with E-state index < -0.39 is 0 Å². The van der Waals surface area contributed by atoms with Crippen LogP contribution >= 0.6 is 0 Å². The van der Waals surface area contributed by atoms with Crippen molar-refractivity contribution < 1.29 is 4.79 Å². The zero-order valence-corrected chi connectivity index (χ0v) is 12.7. The van der Waals surface area contributed by atoms with Crippen LogP contribution in [-0.2, 0) is 4.79 Å². The summed E-state index contributed by atoms with van der Waals surface area (Å²) >= 11 is 0. The molecular weight excluding hydrogens is 274 g/mol. The summed E-state index contributed by atoms with van der Waals surface area (Å²) in [5.74, 6) is 2.61. The largest absolute Gasteiger partial charge is 0.322 e. The summed E-state index contributed by atoms with van der Waals surface area (Å²) in [6, 6.07) is 3.92. The average molecular weight is 295 g/mol. The second-order valence-electron chi connectivity index (χ2n) is 7.73. The smallest absolute Gasteiger partial charge is 0.230 e. The van der Waals surface area contributed by atoms with E-state index in [2.05, 4.69) is 10.3 Å². The zero-order chi connectivity index (χ0) is 14.7. The van der Waals surface area contributed by atoms with Gasteiger partial charge in [-0.1, -0.05) is 0 Å². The number of hydrogen-bond acceptors (Lipinski definition) is 2. The van der Waals surface area contributed by atoms with Gasteiger partial charge in [-0.15, -0.1) is 0 Å². The lowest BCUT2D eigenvalue weighted by atomic mass is 9.49. The zero-order valence-electron chi connectivity index (χ0n) is 12.7. The van der Waals surface area contributed by atoms with Crippen LogP contribution in [-0.4, -0.2) is 15.3 Å². The third-order valence-electron chi connectivity index (χ3n) is 6.19. The minimum atomic E-state index is -0.103. The molecule has 1 amide bonds. The van der Waals surface area contributed by atoms with Gasteiger partial charge in [-0.3, -0.25) is 4.79 Å². The molecule has 4 aliphatic rings. The number of nitrogens with one attached hydrogen (secondary N) is 1. The van der Waals surface area contributed by atoms with Gasteiger partial charge in [0.1, 0.15) is 0 Å². The monoisotopic (exact) mass is 295 g/mol. The quantitative estimate of drug-likeness (QED) is 0.922. The first-order valence-corrected chi connectivity index (χ1v) is 8.45. The molecule has 2 aromatic rings. The third kappa shape index (κ3) is 1.76. The number of aromatic nitrogens is 2. The van der Waals surface area contributed by atoms with Gasteiger partial charge in [0.2, 0.25) is 5.91 Å². The maximum absolute atomic E-state index is 13.1. The minimum absolute atomic E-state index is 0.103. The van der Waals surface area contributed by atoms with Crippen molar-refractivity contribution in [3.05, 3.63) is 30.7 Å². The molecule has 6 rings (SSSR count). The fourth-order valence-corrected chi connectivity index (χ4v) is 5.69. The fraction of sp³-hybridized carbons (Fsp3) is 0.556. The second-order valence-corrected chi connectivity index (χ2v) is 7.73. The van der Waals surface area contributed by atoms with Crippen LogP contribution in [0.3, 0.4) is 0 Å². The van der Waals surface area contributed by atoms with Crippen LogP contribution in [0.25, 0.3) is 5.65 Å². The Morgan fingerprint density at radius 2 is 1.82 bits per heavy atom. The average Bonchev–Trinajstić information content (AvgIpc) is 2.95. The van der Waals surface area contributed by atoms with Gasteiger partial charge in [-0.05, 0) is 68.4 Å². The molecule has 0 unspecified atom stereocenters. The fourth-order valence-electron chi connectivity index (χ4n) is 5.69. The van der Waals surface area contributed by atoms with Gasteiger partial charge in [0.05, 0.1) is 11.1 Å². The number of amides is 1. The lowest BCUT2D eigenvalue weighted by Gasteiger charge is -2.55. The normalized spacial score (nSPS) is 35.9. The van der Waals surface area contributed by atoms with Crippen molar-refractivity contribution in [1.82, 2.24) is 9.38 Å². The SMILES string of the molecule is O=C(Nc1cccn2ccnc12)C12CC3CC(CC(C3)C1)C2. The highest BCUT2D eigenvalue weighted by atomic mass is 16.2. The number of fused-ring (bicyclic) bond motifs is 1. The van der Waals surface area contributed by atoms with Crippen LogP contribution in [0, 0.1) is 23.2 Å². The van der Waals surface area contributed by atoms with Crippen LogP contribution in [0.2, 0.25) is 0 Å². The molecule has 2 aromatic heterocycles. The Balaban J connectivity index is 1.46. The van der Waals surface area contributed by atoms with Crippen LogP contribution in [0.4, 0.5) is 5.69 Å². The van der Waals surface area contributed by atoms with Gasteiger partial charge in [0, 0.05) is 18.6 Å². The van der Waals surface area contributed by atoms with Crippen molar-refractivity contribution in [2.75, 3.05) is 5.32 Å². The molecule has 4 fully saturated rings. The van der Waals surface area contributed by atoms with Gasteiger partial charge in [0.15, 0.2) is 5.65 Å². The molecule has 1 N–H and O–H groups in total. The molecule has 0 radical (unpaired) electrons. The Morgan fingerprint density at radius 3 is 2.50 bits per heavy atom. The van der Waals surface area contributed by atoms with Crippen LogP contribution < -0.4 is 5.32 Å². The summed E-state index contributed by atoms with van der Waals surface area (Å²) in [5, 5.41) is 3.21. The number of carbonyl (C=O) groups is 1. The molecule has 2 heterocycles. The van der Waals surface area contributed by atoms with E-state index in [-0.39, 0.29) is 11.3 Å². The Morgan fingerprint density at radius 1 is 1.14 bits per heavy atom. The first-order chi connectivity index (χ1) is 10.7. The van der Waals surface area contributed by atoms with Gasteiger partial charge in [-0.25, -0.2) is 4.98 Å². The predicted octanol–water partition coefficient (Wildman–Crippen LogP) is 3.49. The van der Waals surface area contributed by atoms with Crippen molar-refractivity contribution >= 4 is 17.2 Å². The summed E-state index contributed by atoms with van der Waals surface area (Å²) in [6.07, 6.45) is 13.0. The molecular formula is C18H21N3O. The number of pyridine rings is 1. The summed E-state index contributed by atoms with van der Waals surface area (Å²) in [7, 11) is 0. The van der Waals surface area contributed by atoms with E-state index in [9.17, 15) is 4.79 Å². The van der Waals surface area contributed by atoms with Gasteiger partial charge >= 0.3 is 0 Å². The molecule has 0 aromatic carbocycles. The Hall–Kier alpha value is -1.84. The Kier molecular flexibility index (Phi) is 2.50. The second kappa shape index (κ2) is 4.34. The van der Waals surface area contributed by atoms with E-state index in [1.165, 1.54) is 19.3 Å². The van der Waals surface area contributed by atoms with Gasteiger partial charge < -0.3 is 9.72 Å². The van der Waals surface area contributed by atoms with E-state index in [0.29, 0.717) is 0 Å². The highest BCUT2D eigenvalue weighted by Gasteiger charge is 2.54. The first-order valence-electron chi connectivity index (χ1n) is 8.45. The summed E-state index contributed by atoms with van der Waals surface area (Å²) in [5.41, 5.74) is 1.57. The number of anilines is 1. The van der Waals surface area contributed by atoms with E-state index in [1.807, 2.05) is 28.9 Å². The molecule has 4 aliphatic carbocycles. The maximum atomic E-state index is 13.1.